The molecule has 0 N–H and O–H groups in total. The van der Waals surface area contributed by atoms with Crippen LogP contribution in [0.4, 0.5) is 0 Å². The molecule has 0 saturated heterocycles. The standard InChI is InChI=1S/C12H11N3OS/c1-3-7-4-8-10(17)5-9-11(14-6-13-9)12(8)16-15(7)2/h4-6H,3H2,1-2H3. The number of imidazole rings is 1. The highest BCUT2D eigenvalue weighted by Gasteiger charge is 2.12. The van der Waals surface area contributed by atoms with E-state index in [2.05, 4.69) is 23.0 Å². The third-order valence-electron chi connectivity index (χ3n) is 2.93. The molecule has 1 aliphatic carbocycles. The largest absolute Gasteiger partial charge is 0.377 e. The van der Waals surface area contributed by atoms with Crippen LogP contribution in [0.5, 0.6) is 0 Å². The summed E-state index contributed by atoms with van der Waals surface area (Å²) in [5.74, 6) is 0. The molecule has 86 valence electrons. The highest BCUT2D eigenvalue weighted by Crippen LogP contribution is 2.21. The molecule has 0 aromatic heterocycles. The Kier molecular flexibility index (Phi) is 2.22. The van der Waals surface area contributed by atoms with Crippen LogP contribution in [0.15, 0.2) is 23.0 Å². The Morgan fingerprint density at radius 2 is 2.18 bits per heavy atom. The van der Waals surface area contributed by atoms with Crippen molar-refractivity contribution < 1.29 is 4.52 Å². The summed E-state index contributed by atoms with van der Waals surface area (Å²) in [5.41, 5.74) is 3.37. The number of fused-ring (bicyclic) bond motifs is 2. The number of rotatable bonds is 1. The Morgan fingerprint density at radius 1 is 1.35 bits per heavy atom. The van der Waals surface area contributed by atoms with Crippen LogP contribution in [0, 0.1) is 15.1 Å². The number of hydrogen-bond donors (Lipinski definition) is 0. The lowest BCUT2D eigenvalue weighted by Gasteiger charge is -2.07. The van der Waals surface area contributed by atoms with Crippen molar-refractivity contribution in [3.05, 3.63) is 39.3 Å². The summed E-state index contributed by atoms with van der Waals surface area (Å²) in [6, 6.07) is 3.93. The topological polar surface area (TPSA) is 43.9 Å². The zero-order valence-electron chi connectivity index (χ0n) is 9.60. The Labute approximate surface area is 103 Å². The van der Waals surface area contributed by atoms with Gasteiger partial charge < -0.3 is 4.52 Å². The molecule has 0 fully saturated rings. The van der Waals surface area contributed by atoms with E-state index in [0.717, 1.165) is 33.2 Å². The second-order valence-electron chi connectivity index (χ2n) is 3.94. The monoisotopic (exact) mass is 245 g/mol. The molecule has 5 heteroatoms. The molecule has 17 heavy (non-hydrogen) atoms. The molecule has 3 rings (SSSR count). The Balaban J connectivity index is 2.60. The van der Waals surface area contributed by atoms with Crippen LogP contribution >= 0.6 is 12.2 Å². The fourth-order valence-electron chi connectivity index (χ4n) is 2.00. The van der Waals surface area contributed by atoms with Gasteiger partial charge in [-0.15, -0.1) is 0 Å². The molecule has 0 spiro atoms. The number of nitrogens with zero attached hydrogens (tertiary/aromatic N) is 3. The second kappa shape index (κ2) is 3.63. The van der Waals surface area contributed by atoms with Crippen molar-refractivity contribution in [3.8, 4) is 11.4 Å². The van der Waals surface area contributed by atoms with Crippen LogP contribution in [-0.4, -0.2) is 14.7 Å². The molecule has 0 unspecified atom stereocenters. The normalized spacial score (nSPS) is 11.4. The Bertz CT molecular complexity index is 774. The molecule has 0 aromatic carbocycles. The summed E-state index contributed by atoms with van der Waals surface area (Å²) in [6.45, 7) is 2.08. The molecule has 2 heterocycles. The van der Waals surface area contributed by atoms with E-state index in [9.17, 15) is 0 Å². The van der Waals surface area contributed by atoms with E-state index in [4.69, 9.17) is 16.7 Å². The van der Waals surface area contributed by atoms with Crippen LogP contribution in [0.1, 0.15) is 12.6 Å². The van der Waals surface area contributed by atoms with Gasteiger partial charge in [-0.05, 0) is 18.6 Å². The van der Waals surface area contributed by atoms with E-state index < -0.39 is 0 Å². The van der Waals surface area contributed by atoms with Crippen molar-refractivity contribution >= 4 is 12.2 Å². The van der Waals surface area contributed by atoms with Crippen molar-refractivity contribution in [1.29, 1.82) is 0 Å². The van der Waals surface area contributed by atoms with Crippen LogP contribution in [-0.2, 0) is 13.5 Å². The van der Waals surface area contributed by atoms with Gasteiger partial charge >= 0.3 is 0 Å². The quantitative estimate of drug-likeness (QED) is 0.618. The first kappa shape index (κ1) is 10.4. The summed E-state index contributed by atoms with van der Waals surface area (Å²) in [6.07, 6.45) is 2.43. The summed E-state index contributed by atoms with van der Waals surface area (Å²) in [7, 11) is 1.89. The zero-order chi connectivity index (χ0) is 12.0. The first-order valence-electron chi connectivity index (χ1n) is 5.44. The van der Waals surface area contributed by atoms with Crippen LogP contribution in [0.3, 0.4) is 0 Å². The molecule has 0 amide bonds. The summed E-state index contributed by atoms with van der Waals surface area (Å²) < 4.78 is 8.30. The Hall–Kier alpha value is -1.75. The van der Waals surface area contributed by atoms with E-state index in [1.165, 1.54) is 6.33 Å². The minimum Gasteiger partial charge on any atom is -0.377 e. The van der Waals surface area contributed by atoms with Crippen molar-refractivity contribution in [2.75, 3.05) is 0 Å². The summed E-state index contributed by atoms with van der Waals surface area (Å²) in [5, 5.41) is 0.933. The highest BCUT2D eigenvalue weighted by molar-refractivity contribution is 7.71. The van der Waals surface area contributed by atoms with E-state index in [0.29, 0.717) is 5.42 Å². The molecule has 4 nitrogen and oxygen atoms in total. The number of aryl methyl sites for hydroxylation is 2. The molecule has 0 radical (unpaired) electrons. The number of hydrogen-bond acceptors (Lipinski definition) is 4. The van der Waals surface area contributed by atoms with Gasteiger partial charge in [0.2, 0.25) is 0 Å². The summed E-state index contributed by atoms with van der Waals surface area (Å²) in [4.78, 5) is 8.37. The third kappa shape index (κ3) is 1.46. The minimum atomic E-state index is 0.713. The molecule has 3 aliphatic rings. The predicted octanol–water partition coefficient (Wildman–Crippen LogP) is 2.53. The van der Waals surface area contributed by atoms with Crippen LogP contribution < -0.4 is 0 Å². The molecule has 0 atom stereocenters. The minimum absolute atomic E-state index is 0.713. The predicted molar refractivity (Wildman–Crippen MR) is 65.4 cm³/mol. The lowest BCUT2D eigenvalue weighted by Crippen LogP contribution is -2.01. The average molecular weight is 245 g/mol. The molecular weight excluding hydrogens is 234 g/mol. The molecule has 0 saturated carbocycles. The molecular formula is C12H11N3OS. The number of aromatic nitrogens is 3. The summed E-state index contributed by atoms with van der Waals surface area (Å²) >= 11 is 5.36. The fourth-order valence-corrected chi connectivity index (χ4v) is 2.27. The SMILES string of the molecule is CCc1cc2c(=S)cc3ncnc-3c=2on1C. The van der Waals surface area contributed by atoms with Gasteiger partial charge in [0.25, 0.3) is 0 Å². The van der Waals surface area contributed by atoms with Crippen molar-refractivity contribution in [2.45, 2.75) is 13.3 Å². The van der Waals surface area contributed by atoms with Gasteiger partial charge in [-0.1, -0.05) is 19.1 Å². The van der Waals surface area contributed by atoms with Crippen molar-refractivity contribution in [1.82, 2.24) is 14.7 Å². The van der Waals surface area contributed by atoms with E-state index >= 15 is 0 Å². The maximum atomic E-state index is 5.78. The van der Waals surface area contributed by atoms with Crippen molar-refractivity contribution in [3.63, 3.8) is 0 Å². The molecule has 2 aliphatic heterocycles. The van der Waals surface area contributed by atoms with E-state index in [-0.39, 0.29) is 0 Å². The van der Waals surface area contributed by atoms with Gasteiger partial charge in [0.05, 0.1) is 15.9 Å². The zero-order valence-corrected chi connectivity index (χ0v) is 10.4. The lowest BCUT2D eigenvalue weighted by molar-refractivity contribution is 0.259. The van der Waals surface area contributed by atoms with Gasteiger partial charge in [-0.2, -0.15) is 0 Å². The van der Waals surface area contributed by atoms with Gasteiger partial charge in [0.1, 0.15) is 12.0 Å². The fraction of sp³-hybridized carbons (Fsp3) is 0.250. The molecule has 0 bridgehead atoms. The van der Waals surface area contributed by atoms with E-state index in [1.807, 2.05) is 13.1 Å². The maximum absolute atomic E-state index is 5.78. The highest BCUT2D eigenvalue weighted by atomic mass is 32.1. The van der Waals surface area contributed by atoms with E-state index in [1.54, 1.807) is 4.74 Å². The average Bonchev–Trinajstić information content (AvgIpc) is 2.76. The van der Waals surface area contributed by atoms with Gasteiger partial charge in [0, 0.05) is 12.3 Å². The first-order chi connectivity index (χ1) is 8.20. The first-order valence-corrected chi connectivity index (χ1v) is 5.85. The second-order valence-corrected chi connectivity index (χ2v) is 4.38. The maximum Gasteiger partial charge on any atom is 0.191 e. The van der Waals surface area contributed by atoms with Gasteiger partial charge in [-0.3, -0.25) is 0 Å². The van der Waals surface area contributed by atoms with Crippen LogP contribution in [0.25, 0.3) is 11.4 Å². The molecule has 0 aromatic rings. The third-order valence-corrected chi connectivity index (χ3v) is 3.26. The van der Waals surface area contributed by atoms with Crippen molar-refractivity contribution in [2.24, 2.45) is 7.05 Å². The smallest absolute Gasteiger partial charge is 0.191 e. The van der Waals surface area contributed by atoms with Gasteiger partial charge in [0.15, 0.2) is 5.42 Å². The van der Waals surface area contributed by atoms with Gasteiger partial charge in [-0.25, -0.2) is 14.7 Å². The Morgan fingerprint density at radius 3 is 2.94 bits per heavy atom. The lowest BCUT2D eigenvalue weighted by atomic mass is 10.1. The van der Waals surface area contributed by atoms with Crippen LogP contribution in [0.2, 0.25) is 0 Å².